The van der Waals surface area contributed by atoms with E-state index in [4.69, 9.17) is 0 Å². The van der Waals surface area contributed by atoms with Gasteiger partial charge in [-0.15, -0.1) is 0 Å². The van der Waals surface area contributed by atoms with Crippen molar-refractivity contribution in [1.29, 1.82) is 0 Å². The summed E-state index contributed by atoms with van der Waals surface area (Å²) in [5.74, 6) is -3.29. The average Bonchev–Trinajstić information content (AvgIpc) is 2.84. The van der Waals surface area contributed by atoms with Gasteiger partial charge in [-0.25, -0.2) is 0 Å². The van der Waals surface area contributed by atoms with Crippen LogP contribution < -0.4 is 10.6 Å². The van der Waals surface area contributed by atoms with Gasteiger partial charge in [0.05, 0.1) is 0 Å². The smallest absolute Gasteiger partial charge is 0.292 e. The summed E-state index contributed by atoms with van der Waals surface area (Å²) in [6, 6.07) is 12.5. The van der Waals surface area contributed by atoms with Crippen molar-refractivity contribution in [3.63, 3.8) is 0 Å². The van der Waals surface area contributed by atoms with Gasteiger partial charge in [-0.05, 0) is 35.9 Å². The summed E-state index contributed by atoms with van der Waals surface area (Å²) in [6.07, 6.45) is 0. The van der Waals surface area contributed by atoms with Crippen LogP contribution in [0.5, 0.6) is 5.75 Å². The van der Waals surface area contributed by atoms with Crippen LogP contribution in [0.3, 0.4) is 0 Å². The van der Waals surface area contributed by atoms with E-state index in [0.29, 0.717) is 16.9 Å². The van der Waals surface area contributed by atoms with Crippen LogP contribution in [0.2, 0.25) is 0 Å². The zero-order valence-electron chi connectivity index (χ0n) is 11.4. The molecule has 0 bridgehead atoms. The highest BCUT2D eigenvalue weighted by Crippen LogP contribution is 2.32. The molecule has 0 aliphatic carbocycles. The SMILES string of the molecule is O=C(Nc1ccc(O)cc1)C(=O)[C@@H]1C(=O)Nc2ccccc21. The highest BCUT2D eigenvalue weighted by Gasteiger charge is 2.39. The molecule has 2 amide bonds. The van der Waals surface area contributed by atoms with Crippen molar-refractivity contribution in [2.75, 3.05) is 10.6 Å². The Morgan fingerprint density at radius 2 is 1.73 bits per heavy atom. The van der Waals surface area contributed by atoms with Gasteiger partial charge in [0, 0.05) is 11.4 Å². The Hall–Kier alpha value is -3.15. The van der Waals surface area contributed by atoms with Crippen LogP contribution in [0.25, 0.3) is 0 Å². The minimum absolute atomic E-state index is 0.0495. The van der Waals surface area contributed by atoms with Crippen LogP contribution in [0.4, 0.5) is 11.4 Å². The lowest BCUT2D eigenvalue weighted by Crippen LogP contribution is -2.31. The summed E-state index contributed by atoms with van der Waals surface area (Å²) in [5.41, 5.74) is 1.41. The highest BCUT2D eigenvalue weighted by molar-refractivity contribution is 6.47. The maximum atomic E-state index is 12.3. The number of hydrogen-bond acceptors (Lipinski definition) is 4. The van der Waals surface area contributed by atoms with E-state index < -0.39 is 23.5 Å². The van der Waals surface area contributed by atoms with E-state index in [1.165, 1.54) is 24.3 Å². The third-order valence-electron chi connectivity index (χ3n) is 3.40. The van der Waals surface area contributed by atoms with Crippen LogP contribution in [0.15, 0.2) is 48.5 Å². The zero-order valence-corrected chi connectivity index (χ0v) is 11.4. The molecule has 1 aliphatic rings. The molecule has 0 spiro atoms. The summed E-state index contributed by atoms with van der Waals surface area (Å²) in [6.45, 7) is 0. The van der Waals surface area contributed by atoms with Crippen molar-refractivity contribution >= 4 is 29.0 Å². The predicted octanol–water partition coefficient (Wildman–Crippen LogP) is 1.64. The summed E-state index contributed by atoms with van der Waals surface area (Å²) >= 11 is 0. The number of carbonyl (C=O) groups is 3. The number of anilines is 2. The summed E-state index contributed by atoms with van der Waals surface area (Å²) < 4.78 is 0. The number of ketones is 1. The molecule has 110 valence electrons. The molecule has 1 aliphatic heterocycles. The van der Waals surface area contributed by atoms with E-state index >= 15 is 0 Å². The molecule has 0 unspecified atom stereocenters. The number of phenols is 1. The first-order valence-electron chi connectivity index (χ1n) is 6.60. The van der Waals surface area contributed by atoms with Crippen LogP contribution in [-0.2, 0) is 14.4 Å². The quantitative estimate of drug-likeness (QED) is 0.456. The molecule has 3 rings (SSSR count). The number of benzene rings is 2. The lowest BCUT2D eigenvalue weighted by atomic mass is 9.95. The minimum Gasteiger partial charge on any atom is -0.508 e. The van der Waals surface area contributed by atoms with Crippen LogP contribution in [-0.4, -0.2) is 22.7 Å². The first-order chi connectivity index (χ1) is 10.6. The van der Waals surface area contributed by atoms with Gasteiger partial charge in [0.25, 0.3) is 5.91 Å². The number of phenolic OH excluding ortho intramolecular Hbond substituents is 1. The second-order valence-electron chi connectivity index (χ2n) is 4.87. The van der Waals surface area contributed by atoms with Crippen LogP contribution >= 0.6 is 0 Å². The number of amides is 2. The van der Waals surface area contributed by atoms with Crippen molar-refractivity contribution in [3.8, 4) is 5.75 Å². The maximum absolute atomic E-state index is 12.3. The normalized spacial score (nSPS) is 15.8. The molecule has 0 saturated carbocycles. The van der Waals surface area contributed by atoms with Crippen molar-refractivity contribution in [1.82, 2.24) is 0 Å². The lowest BCUT2D eigenvalue weighted by molar-refractivity contribution is -0.138. The molecule has 22 heavy (non-hydrogen) atoms. The molecule has 6 heteroatoms. The first-order valence-corrected chi connectivity index (χ1v) is 6.60. The Labute approximate surface area is 125 Å². The first kappa shape index (κ1) is 13.8. The molecule has 3 N–H and O–H groups in total. The number of para-hydroxylation sites is 1. The maximum Gasteiger partial charge on any atom is 0.292 e. The molecule has 2 aromatic carbocycles. The minimum atomic E-state index is -1.13. The van der Waals surface area contributed by atoms with Gasteiger partial charge >= 0.3 is 0 Å². The Kier molecular flexibility index (Phi) is 3.34. The third-order valence-corrected chi connectivity index (χ3v) is 3.40. The fourth-order valence-corrected chi connectivity index (χ4v) is 2.34. The topological polar surface area (TPSA) is 95.5 Å². The van der Waals surface area contributed by atoms with E-state index in [2.05, 4.69) is 10.6 Å². The number of aromatic hydroxyl groups is 1. The van der Waals surface area contributed by atoms with Gasteiger partial charge in [0.15, 0.2) is 0 Å². The monoisotopic (exact) mass is 296 g/mol. The van der Waals surface area contributed by atoms with Crippen LogP contribution in [0.1, 0.15) is 11.5 Å². The van der Waals surface area contributed by atoms with E-state index in [-0.39, 0.29) is 5.75 Å². The second kappa shape index (κ2) is 5.33. The Balaban J connectivity index is 1.80. The van der Waals surface area contributed by atoms with Crippen molar-refractivity contribution in [2.45, 2.75) is 5.92 Å². The third kappa shape index (κ3) is 2.42. The summed E-state index contributed by atoms with van der Waals surface area (Å²) in [4.78, 5) is 36.2. The molecule has 0 radical (unpaired) electrons. The van der Waals surface area contributed by atoms with E-state index in [1.54, 1.807) is 24.3 Å². The molecular weight excluding hydrogens is 284 g/mol. The van der Waals surface area contributed by atoms with Gasteiger partial charge in [-0.3, -0.25) is 14.4 Å². The van der Waals surface area contributed by atoms with E-state index in [1.807, 2.05) is 0 Å². The number of carbonyl (C=O) groups excluding carboxylic acids is 3. The van der Waals surface area contributed by atoms with E-state index in [9.17, 15) is 19.5 Å². The molecule has 2 aromatic rings. The number of rotatable bonds is 3. The molecule has 1 heterocycles. The van der Waals surface area contributed by atoms with Gasteiger partial charge in [0.1, 0.15) is 11.7 Å². The number of nitrogens with one attached hydrogen (secondary N) is 2. The average molecular weight is 296 g/mol. The zero-order chi connectivity index (χ0) is 15.7. The second-order valence-corrected chi connectivity index (χ2v) is 4.87. The number of hydrogen-bond donors (Lipinski definition) is 3. The van der Waals surface area contributed by atoms with Crippen molar-refractivity contribution < 1.29 is 19.5 Å². The number of Topliss-reactive ketones (excluding diaryl/α,β-unsaturated/α-hetero) is 1. The fourth-order valence-electron chi connectivity index (χ4n) is 2.34. The molecule has 0 aromatic heterocycles. The molecule has 6 nitrogen and oxygen atoms in total. The van der Waals surface area contributed by atoms with Gasteiger partial charge in [-0.2, -0.15) is 0 Å². The van der Waals surface area contributed by atoms with Gasteiger partial charge < -0.3 is 15.7 Å². The van der Waals surface area contributed by atoms with Crippen molar-refractivity contribution in [2.24, 2.45) is 0 Å². The van der Waals surface area contributed by atoms with E-state index in [0.717, 1.165) is 0 Å². The Morgan fingerprint density at radius 3 is 2.45 bits per heavy atom. The van der Waals surface area contributed by atoms with Gasteiger partial charge in [0.2, 0.25) is 11.7 Å². The lowest BCUT2D eigenvalue weighted by Gasteiger charge is -2.08. The summed E-state index contributed by atoms with van der Waals surface area (Å²) in [5, 5.41) is 14.2. The number of fused-ring (bicyclic) bond motifs is 1. The van der Waals surface area contributed by atoms with Crippen molar-refractivity contribution in [3.05, 3.63) is 54.1 Å². The Morgan fingerprint density at radius 1 is 1.05 bits per heavy atom. The summed E-state index contributed by atoms with van der Waals surface area (Å²) in [7, 11) is 0. The molecule has 0 fully saturated rings. The largest absolute Gasteiger partial charge is 0.508 e. The predicted molar refractivity (Wildman–Crippen MR) is 79.6 cm³/mol. The van der Waals surface area contributed by atoms with Gasteiger partial charge in [-0.1, -0.05) is 18.2 Å². The highest BCUT2D eigenvalue weighted by atomic mass is 16.3. The standard InChI is InChI=1S/C16H12N2O4/c19-10-7-5-9(6-8-10)17-16(22)14(20)13-11-3-1-2-4-12(11)18-15(13)21/h1-8,13,19H,(H,17,22)(H,18,21)/t13-/m1/s1. The fraction of sp³-hybridized carbons (Fsp3) is 0.0625. The molecule has 1 atom stereocenters. The Bertz CT molecular complexity index is 768. The molecular formula is C16H12N2O4. The van der Waals surface area contributed by atoms with Crippen LogP contribution in [0, 0.1) is 0 Å². The molecule has 0 saturated heterocycles.